The van der Waals surface area contributed by atoms with Gasteiger partial charge in [0.1, 0.15) is 0 Å². The Morgan fingerprint density at radius 3 is 2.65 bits per heavy atom. The van der Waals surface area contributed by atoms with Crippen molar-refractivity contribution in [3.05, 3.63) is 0 Å². The van der Waals surface area contributed by atoms with Gasteiger partial charge in [-0.2, -0.15) is 0 Å². The molecule has 1 aliphatic rings. The van der Waals surface area contributed by atoms with Crippen molar-refractivity contribution in [3.8, 4) is 0 Å². The lowest BCUT2D eigenvalue weighted by molar-refractivity contribution is 0.0869. The third-order valence-electron chi connectivity index (χ3n) is 3.78. The van der Waals surface area contributed by atoms with E-state index in [2.05, 4.69) is 44.8 Å². The molecule has 1 rings (SSSR count). The molecule has 1 unspecified atom stereocenters. The predicted molar refractivity (Wildman–Crippen MR) is 76.4 cm³/mol. The van der Waals surface area contributed by atoms with Gasteiger partial charge in [0.2, 0.25) is 0 Å². The molecule has 1 aliphatic heterocycles. The number of hydrogen-bond acceptors (Lipinski definition) is 2. The van der Waals surface area contributed by atoms with Gasteiger partial charge in [-0.05, 0) is 45.6 Å². The number of nitrogens with one attached hydrogen (secondary N) is 1. The van der Waals surface area contributed by atoms with E-state index < -0.39 is 0 Å². The van der Waals surface area contributed by atoms with Crippen molar-refractivity contribution < 1.29 is 0 Å². The van der Waals surface area contributed by atoms with E-state index in [1.165, 1.54) is 45.3 Å². The molecule has 1 heterocycles. The van der Waals surface area contributed by atoms with Crippen LogP contribution in [0, 0.1) is 5.92 Å². The van der Waals surface area contributed by atoms with Crippen molar-refractivity contribution in [2.75, 3.05) is 19.6 Å². The van der Waals surface area contributed by atoms with Crippen LogP contribution >= 0.6 is 0 Å². The molecule has 0 saturated carbocycles. The Hall–Kier alpha value is -0.0800. The molecule has 1 saturated heterocycles. The molecular weight excluding hydrogens is 208 g/mol. The molecule has 0 aromatic heterocycles. The summed E-state index contributed by atoms with van der Waals surface area (Å²) in [6.07, 6.45) is 5.36. The number of hydrogen-bond donors (Lipinski definition) is 1. The summed E-state index contributed by atoms with van der Waals surface area (Å²) in [6, 6.07) is 0.764. The molecule has 1 fully saturated rings. The van der Waals surface area contributed by atoms with E-state index >= 15 is 0 Å². The Labute approximate surface area is 108 Å². The van der Waals surface area contributed by atoms with Gasteiger partial charge in [0.25, 0.3) is 0 Å². The minimum Gasteiger partial charge on any atom is -0.309 e. The summed E-state index contributed by atoms with van der Waals surface area (Å²) in [6.45, 7) is 15.3. The van der Waals surface area contributed by atoms with Crippen LogP contribution in [-0.2, 0) is 0 Å². The van der Waals surface area contributed by atoms with E-state index in [0.717, 1.165) is 12.0 Å². The average molecular weight is 240 g/mol. The third kappa shape index (κ3) is 5.39. The van der Waals surface area contributed by atoms with Gasteiger partial charge in [-0.1, -0.05) is 27.2 Å². The quantitative estimate of drug-likeness (QED) is 0.766. The van der Waals surface area contributed by atoms with E-state index in [-0.39, 0.29) is 0 Å². The molecular formula is C15H32N2. The van der Waals surface area contributed by atoms with Crippen LogP contribution in [0.3, 0.4) is 0 Å². The van der Waals surface area contributed by atoms with Crippen molar-refractivity contribution in [2.24, 2.45) is 5.92 Å². The highest BCUT2D eigenvalue weighted by atomic mass is 15.2. The van der Waals surface area contributed by atoms with Gasteiger partial charge in [0, 0.05) is 24.7 Å². The monoisotopic (exact) mass is 240 g/mol. The molecule has 0 aliphatic carbocycles. The Morgan fingerprint density at radius 1 is 1.35 bits per heavy atom. The van der Waals surface area contributed by atoms with Crippen molar-refractivity contribution in [1.29, 1.82) is 0 Å². The first-order valence-electron chi connectivity index (χ1n) is 7.43. The highest BCUT2D eigenvalue weighted by molar-refractivity contribution is 4.91. The van der Waals surface area contributed by atoms with Crippen molar-refractivity contribution in [2.45, 2.75) is 71.9 Å². The van der Waals surface area contributed by atoms with Crippen molar-refractivity contribution in [1.82, 2.24) is 10.2 Å². The summed E-state index contributed by atoms with van der Waals surface area (Å²) in [5, 5.41) is 3.68. The smallest absolute Gasteiger partial charge is 0.0252 e. The Bertz CT molecular complexity index is 211. The lowest BCUT2D eigenvalue weighted by Gasteiger charge is -2.45. The third-order valence-corrected chi connectivity index (χ3v) is 3.78. The zero-order chi connectivity index (χ0) is 12.9. The van der Waals surface area contributed by atoms with Crippen LogP contribution < -0.4 is 5.32 Å². The second-order valence-corrected chi connectivity index (χ2v) is 6.71. The number of piperazine rings is 1. The fourth-order valence-corrected chi connectivity index (χ4v) is 2.80. The second kappa shape index (κ2) is 6.75. The molecule has 0 spiro atoms. The highest BCUT2D eigenvalue weighted by Crippen LogP contribution is 2.19. The lowest BCUT2D eigenvalue weighted by atomic mass is 9.96. The molecule has 1 N–H and O–H groups in total. The standard InChI is InChI=1S/C15H32N2/c1-6-8-14-11-16-15(4,5)12-17(14)10-7-9-13(2)3/h13-14,16H,6-12H2,1-5H3. The second-order valence-electron chi connectivity index (χ2n) is 6.71. The van der Waals surface area contributed by atoms with Crippen LogP contribution in [0.25, 0.3) is 0 Å². The normalized spacial score (nSPS) is 25.4. The summed E-state index contributed by atoms with van der Waals surface area (Å²) < 4.78 is 0. The van der Waals surface area contributed by atoms with Gasteiger partial charge in [0.15, 0.2) is 0 Å². The predicted octanol–water partition coefficient (Wildman–Crippen LogP) is 3.28. The summed E-state index contributed by atoms with van der Waals surface area (Å²) in [7, 11) is 0. The summed E-state index contributed by atoms with van der Waals surface area (Å²) in [5.41, 5.74) is 0.294. The van der Waals surface area contributed by atoms with Gasteiger partial charge in [-0.3, -0.25) is 4.90 Å². The summed E-state index contributed by atoms with van der Waals surface area (Å²) >= 11 is 0. The highest BCUT2D eigenvalue weighted by Gasteiger charge is 2.31. The summed E-state index contributed by atoms with van der Waals surface area (Å²) in [4.78, 5) is 2.72. The average Bonchev–Trinajstić information content (AvgIpc) is 2.21. The molecule has 0 aromatic carbocycles. The molecule has 0 aromatic rings. The topological polar surface area (TPSA) is 15.3 Å². The minimum atomic E-state index is 0.294. The molecule has 2 nitrogen and oxygen atoms in total. The fraction of sp³-hybridized carbons (Fsp3) is 1.00. The van der Waals surface area contributed by atoms with E-state index in [9.17, 15) is 0 Å². The first kappa shape index (κ1) is 15.0. The Balaban J connectivity index is 2.43. The van der Waals surface area contributed by atoms with Gasteiger partial charge in [0.05, 0.1) is 0 Å². The maximum absolute atomic E-state index is 3.68. The zero-order valence-corrected chi connectivity index (χ0v) is 12.6. The van der Waals surface area contributed by atoms with Crippen LogP contribution in [0.4, 0.5) is 0 Å². The van der Waals surface area contributed by atoms with Crippen LogP contribution in [0.15, 0.2) is 0 Å². The van der Waals surface area contributed by atoms with Gasteiger partial charge >= 0.3 is 0 Å². The molecule has 0 bridgehead atoms. The Kier molecular flexibility index (Phi) is 5.94. The number of rotatable bonds is 6. The van der Waals surface area contributed by atoms with Crippen LogP contribution in [0.1, 0.15) is 60.3 Å². The van der Waals surface area contributed by atoms with Crippen molar-refractivity contribution >= 4 is 0 Å². The van der Waals surface area contributed by atoms with E-state index in [1.807, 2.05) is 0 Å². The summed E-state index contributed by atoms with van der Waals surface area (Å²) in [5.74, 6) is 0.843. The van der Waals surface area contributed by atoms with E-state index in [0.29, 0.717) is 5.54 Å². The maximum atomic E-state index is 3.68. The number of nitrogens with zero attached hydrogens (tertiary/aromatic N) is 1. The first-order valence-corrected chi connectivity index (χ1v) is 7.43. The SMILES string of the molecule is CCCC1CNC(C)(C)CN1CCCC(C)C. The molecule has 0 radical (unpaired) electrons. The molecule has 17 heavy (non-hydrogen) atoms. The first-order chi connectivity index (χ1) is 7.94. The molecule has 1 atom stereocenters. The van der Waals surface area contributed by atoms with Gasteiger partial charge in [-0.25, -0.2) is 0 Å². The van der Waals surface area contributed by atoms with Gasteiger partial charge < -0.3 is 5.32 Å². The molecule has 0 amide bonds. The zero-order valence-electron chi connectivity index (χ0n) is 12.6. The Morgan fingerprint density at radius 2 is 2.06 bits per heavy atom. The van der Waals surface area contributed by atoms with E-state index in [4.69, 9.17) is 0 Å². The molecule has 102 valence electrons. The van der Waals surface area contributed by atoms with Crippen LogP contribution in [-0.4, -0.2) is 36.1 Å². The van der Waals surface area contributed by atoms with Crippen LogP contribution in [0.5, 0.6) is 0 Å². The van der Waals surface area contributed by atoms with Crippen molar-refractivity contribution in [3.63, 3.8) is 0 Å². The molecule has 2 heteroatoms. The largest absolute Gasteiger partial charge is 0.309 e. The van der Waals surface area contributed by atoms with Gasteiger partial charge in [-0.15, -0.1) is 0 Å². The van der Waals surface area contributed by atoms with Crippen LogP contribution in [0.2, 0.25) is 0 Å². The maximum Gasteiger partial charge on any atom is 0.0252 e. The van der Waals surface area contributed by atoms with E-state index in [1.54, 1.807) is 0 Å². The fourth-order valence-electron chi connectivity index (χ4n) is 2.80. The minimum absolute atomic E-state index is 0.294. The lowest BCUT2D eigenvalue weighted by Crippen LogP contribution is -2.61.